The lowest BCUT2D eigenvalue weighted by molar-refractivity contribution is 1.01. The summed E-state index contributed by atoms with van der Waals surface area (Å²) in [5, 5.41) is 1.18. The largest absolute Gasteiger partial charge is 0.347 e. The molecule has 2 rings (SSSR count). The Morgan fingerprint density at radius 1 is 1.33 bits per heavy atom. The van der Waals surface area contributed by atoms with Crippen molar-refractivity contribution in [2.45, 2.75) is 6.54 Å². The Labute approximate surface area is 97.2 Å². The molecule has 5 heteroatoms. The molecule has 3 nitrogen and oxygen atoms in total. The van der Waals surface area contributed by atoms with Crippen molar-refractivity contribution < 1.29 is 0 Å². The van der Waals surface area contributed by atoms with Crippen LogP contribution in [-0.2, 0) is 6.54 Å². The normalized spacial score (nSPS) is 10.6. The molecule has 1 aromatic heterocycles. The van der Waals surface area contributed by atoms with E-state index in [1.807, 2.05) is 6.07 Å². The average molecular weight is 242 g/mol. The molecule has 0 aliphatic rings. The Hall–Kier alpha value is -1.03. The van der Waals surface area contributed by atoms with Crippen molar-refractivity contribution in [3.8, 4) is 11.3 Å². The van der Waals surface area contributed by atoms with Crippen LogP contribution in [-0.4, -0.2) is 9.97 Å². The minimum Gasteiger partial charge on any atom is -0.347 e. The number of hydrogen-bond acceptors (Lipinski definition) is 2. The number of H-pyrrole nitrogens is 1. The highest BCUT2D eigenvalue weighted by atomic mass is 35.5. The Balaban J connectivity index is 2.54. The number of imidazole rings is 1. The van der Waals surface area contributed by atoms with Gasteiger partial charge in [0.1, 0.15) is 0 Å². The maximum Gasteiger partial charge on any atom is 0.0940 e. The minimum absolute atomic E-state index is 0.397. The summed E-state index contributed by atoms with van der Waals surface area (Å²) in [5.74, 6) is 0. The third-order valence-electron chi connectivity index (χ3n) is 2.11. The standard InChI is InChI=1S/C10H9Cl2N3/c11-6-1-2-7(8(12)3-6)10-9(4-13)14-5-15-10/h1-3,5H,4,13H2,(H,14,15). The van der Waals surface area contributed by atoms with E-state index in [2.05, 4.69) is 9.97 Å². The first-order chi connectivity index (χ1) is 7.22. The number of halogens is 2. The highest BCUT2D eigenvalue weighted by molar-refractivity contribution is 6.36. The maximum absolute atomic E-state index is 6.07. The van der Waals surface area contributed by atoms with Crippen molar-refractivity contribution >= 4 is 23.2 Å². The average Bonchev–Trinajstić information content (AvgIpc) is 2.65. The summed E-state index contributed by atoms with van der Waals surface area (Å²) in [6.07, 6.45) is 1.60. The molecular weight excluding hydrogens is 233 g/mol. The van der Waals surface area contributed by atoms with E-state index < -0.39 is 0 Å². The van der Waals surface area contributed by atoms with Crippen molar-refractivity contribution in [2.75, 3.05) is 0 Å². The highest BCUT2D eigenvalue weighted by Crippen LogP contribution is 2.30. The minimum atomic E-state index is 0.397. The van der Waals surface area contributed by atoms with E-state index in [1.54, 1.807) is 18.5 Å². The van der Waals surface area contributed by atoms with E-state index in [4.69, 9.17) is 28.9 Å². The predicted octanol–water partition coefficient (Wildman–Crippen LogP) is 2.84. The first kappa shape index (κ1) is 10.5. The molecule has 1 heterocycles. The fourth-order valence-corrected chi connectivity index (χ4v) is 1.89. The fraction of sp³-hybridized carbons (Fsp3) is 0.100. The number of rotatable bonds is 2. The van der Waals surface area contributed by atoms with Crippen LogP contribution in [0, 0.1) is 0 Å². The Morgan fingerprint density at radius 3 is 2.80 bits per heavy atom. The van der Waals surface area contributed by atoms with E-state index in [0.29, 0.717) is 16.6 Å². The first-order valence-electron chi connectivity index (χ1n) is 4.40. The smallest absolute Gasteiger partial charge is 0.0940 e. The van der Waals surface area contributed by atoms with Crippen molar-refractivity contribution in [1.82, 2.24) is 9.97 Å². The second kappa shape index (κ2) is 4.23. The Kier molecular flexibility index (Phi) is 2.95. The SMILES string of the molecule is NCc1[nH]cnc1-c1ccc(Cl)cc1Cl. The van der Waals surface area contributed by atoms with Gasteiger partial charge in [0.15, 0.2) is 0 Å². The Morgan fingerprint density at radius 2 is 2.13 bits per heavy atom. The zero-order valence-electron chi connectivity index (χ0n) is 7.80. The molecule has 0 radical (unpaired) electrons. The molecule has 0 spiro atoms. The van der Waals surface area contributed by atoms with Crippen molar-refractivity contribution in [2.24, 2.45) is 5.73 Å². The van der Waals surface area contributed by atoms with Gasteiger partial charge in [-0.25, -0.2) is 4.98 Å². The van der Waals surface area contributed by atoms with Crippen molar-refractivity contribution in [1.29, 1.82) is 0 Å². The monoisotopic (exact) mass is 241 g/mol. The molecule has 0 bridgehead atoms. The summed E-state index contributed by atoms with van der Waals surface area (Å²) >= 11 is 11.9. The fourth-order valence-electron chi connectivity index (χ4n) is 1.39. The van der Waals surface area contributed by atoms with E-state index in [1.165, 1.54) is 0 Å². The van der Waals surface area contributed by atoms with Gasteiger partial charge in [0.05, 0.1) is 22.7 Å². The van der Waals surface area contributed by atoms with Crippen molar-refractivity contribution in [3.63, 3.8) is 0 Å². The number of nitrogens with two attached hydrogens (primary N) is 1. The summed E-state index contributed by atoms with van der Waals surface area (Å²) in [5.41, 5.74) is 8.05. The van der Waals surface area contributed by atoms with Gasteiger partial charge in [0, 0.05) is 17.1 Å². The number of hydrogen-bond donors (Lipinski definition) is 2. The van der Waals surface area contributed by atoms with E-state index >= 15 is 0 Å². The molecule has 0 saturated heterocycles. The quantitative estimate of drug-likeness (QED) is 0.850. The molecule has 0 amide bonds. The van der Waals surface area contributed by atoms with Crippen molar-refractivity contribution in [3.05, 3.63) is 40.3 Å². The van der Waals surface area contributed by atoms with Gasteiger partial charge in [-0.1, -0.05) is 23.2 Å². The number of nitrogens with one attached hydrogen (secondary N) is 1. The third kappa shape index (κ3) is 2.00. The van der Waals surface area contributed by atoms with Gasteiger partial charge in [-0.05, 0) is 18.2 Å². The van der Waals surface area contributed by atoms with E-state index in [9.17, 15) is 0 Å². The lowest BCUT2D eigenvalue weighted by atomic mass is 10.1. The molecule has 0 saturated carbocycles. The van der Waals surface area contributed by atoms with Crippen LogP contribution < -0.4 is 5.73 Å². The van der Waals surface area contributed by atoms with Gasteiger partial charge in [-0.15, -0.1) is 0 Å². The van der Waals surface area contributed by atoms with Crippen LogP contribution in [0.3, 0.4) is 0 Å². The molecule has 0 atom stereocenters. The van der Waals surface area contributed by atoms with Crippen LogP contribution in [0.4, 0.5) is 0 Å². The zero-order chi connectivity index (χ0) is 10.8. The molecule has 0 aliphatic carbocycles. The van der Waals surface area contributed by atoms with E-state index in [0.717, 1.165) is 17.0 Å². The van der Waals surface area contributed by atoms with Crippen LogP contribution in [0.15, 0.2) is 24.5 Å². The summed E-state index contributed by atoms with van der Waals surface area (Å²) in [7, 11) is 0. The summed E-state index contributed by atoms with van der Waals surface area (Å²) in [6, 6.07) is 5.30. The second-order valence-electron chi connectivity index (χ2n) is 3.06. The van der Waals surface area contributed by atoms with Crippen LogP contribution in [0.25, 0.3) is 11.3 Å². The van der Waals surface area contributed by atoms with Gasteiger partial charge in [-0.2, -0.15) is 0 Å². The Bertz CT molecular complexity index is 479. The van der Waals surface area contributed by atoms with Crippen LogP contribution in [0.2, 0.25) is 10.0 Å². The second-order valence-corrected chi connectivity index (χ2v) is 3.90. The highest BCUT2D eigenvalue weighted by Gasteiger charge is 2.10. The lowest BCUT2D eigenvalue weighted by Crippen LogP contribution is -1.98. The number of aromatic amines is 1. The summed E-state index contributed by atoms with van der Waals surface area (Å²) in [6.45, 7) is 0.397. The first-order valence-corrected chi connectivity index (χ1v) is 5.15. The topological polar surface area (TPSA) is 54.7 Å². The summed E-state index contributed by atoms with van der Waals surface area (Å²) in [4.78, 5) is 7.15. The molecule has 78 valence electrons. The molecular formula is C10H9Cl2N3. The number of benzene rings is 1. The van der Waals surface area contributed by atoms with Crippen LogP contribution in [0.5, 0.6) is 0 Å². The zero-order valence-corrected chi connectivity index (χ0v) is 9.31. The molecule has 0 aliphatic heterocycles. The van der Waals surface area contributed by atoms with Gasteiger partial charge in [0.25, 0.3) is 0 Å². The maximum atomic E-state index is 6.07. The lowest BCUT2D eigenvalue weighted by Gasteiger charge is -2.03. The predicted molar refractivity (Wildman–Crippen MR) is 61.9 cm³/mol. The van der Waals surface area contributed by atoms with E-state index in [-0.39, 0.29) is 0 Å². The third-order valence-corrected chi connectivity index (χ3v) is 2.66. The van der Waals surface area contributed by atoms with Crippen LogP contribution >= 0.6 is 23.2 Å². The van der Waals surface area contributed by atoms with Gasteiger partial charge >= 0.3 is 0 Å². The summed E-state index contributed by atoms with van der Waals surface area (Å²) < 4.78 is 0. The molecule has 0 unspecified atom stereocenters. The van der Waals surface area contributed by atoms with Crippen LogP contribution in [0.1, 0.15) is 5.69 Å². The molecule has 2 aromatic rings. The number of nitrogens with zero attached hydrogens (tertiary/aromatic N) is 1. The molecule has 15 heavy (non-hydrogen) atoms. The van der Waals surface area contributed by atoms with Gasteiger partial charge in [0.2, 0.25) is 0 Å². The van der Waals surface area contributed by atoms with Gasteiger partial charge < -0.3 is 10.7 Å². The molecule has 3 N–H and O–H groups in total. The molecule has 1 aromatic carbocycles. The van der Waals surface area contributed by atoms with Gasteiger partial charge in [-0.3, -0.25) is 0 Å². The molecule has 0 fully saturated rings. The number of aromatic nitrogens is 2.